The molecule has 0 saturated carbocycles. The second-order valence-electron chi connectivity index (χ2n) is 1.56. The number of hydrogen-bond donors (Lipinski definition) is 2. The van der Waals surface area contributed by atoms with Crippen molar-refractivity contribution < 1.29 is 9.90 Å². The van der Waals surface area contributed by atoms with Gasteiger partial charge in [-0.2, -0.15) is 0 Å². The second-order valence-corrected chi connectivity index (χ2v) is 2.40. The number of carboxylic acids is 1. The molecule has 0 unspecified atom stereocenters. The van der Waals surface area contributed by atoms with Crippen molar-refractivity contribution in [3.63, 3.8) is 0 Å². The van der Waals surface area contributed by atoms with Gasteiger partial charge in [0.05, 0.1) is 0 Å². The van der Waals surface area contributed by atoms with E-state index in [1.807, 2.05) is 0 Å². The molecule has 58 valence electrons. The van der Waals surface area contributed by atoms with E-state index in [0.29, 0.717) is 13.0 Å². The van der Waals surface area contributed by atoms with E-state index in [9.17, 15) is 4.79 Å². The zero-order chi connectivity index (χ0) is 8.15. The molecule has 0 aliphatic rings. The van der Waals surface area contributed by atoms with Crippen molar-refractivity contribution in [1.82, 2.24) is 0 Å². The summed E-state index contributed by atoms with van der Waals surface area (Å²) in [6.07, 6.45) is 0.298. The summed E-state index contributed by atoms with van der Waals surface area (Å²) in [7, 11) is 0. The van der Waals surface area contributed by atoms with Crippen LogP contribution in [0.3, 0.4) is 0 Å². The topological polar surface area (TPSA) is 63.3 Å². The minimum absolute atomic E-state index is 0.0941. The van der Waals surface area contributed by atoms with Crippen LogP contribution in [0.5, 0.6) is 0 Å². The van der Waals surface area contributed by atoms with Crippen molar-refractivity contribution in [2.75, 3.05) is 6.54 Å². The highest BCUT2D eigenvalue weighted by atomic mass is 35.5. The fourth-order valence-electron chi connectivity index (χ4n) is 0.352. The highest BCUT2D eigenvalue weighted by Crippen LogP contribution is 2.16. The third kappa shape index (κ3) is 3.06. The Hall–Kier alpha value is -0.250. The Morgan fingerprint density at radius 2 is 2.00 bits per heavy atom. The van der Waals surface area contributed by atoms with Gasteiger partial charge in [-0.05, 0) is 13.0 Å². The first-order valence-corrected chi connectivity index (χ1v) is 3.32. The van der Waals surface area contributed by atoms with Crippen molar-refractivity contribution in [3.8, 4) is 0 Å². The van der Waals surface area contributed by atoms with E-state index in [0.717, 1.165) is 0 Å². The van der Waals surface area contributed by atoms with Gasteiger partial charge in [-0.1, -0.05) is 23.2 Å². The number of halogens is 2. The minimum Gasteiger partial charge on any atom is -0.477 e. The van der Waals surface area contributed by atoms with E-state index in [2.05, 4.69) is 0 Å². The van der Waals surface area contributed by atoms with Crippen LogP contribution in [0.25, 0.3) is 0 Å². The van der Waals surface area contributed by atoms with Crippen molar-refractivity contribution >= 4 is 29.2 Å². The smallest absolute Gasteiger partial charge is 0.348 e. The molecule has 0 heterocycles. The van der Waals surface area contributed by atoms with Crippen LogP contribution in [0.1, 0.15) is 6.42 Å². The second kappa shape index (κ2) is 4.55. The number of carbonyl (C=O) groups is 1. The average Bonchev–Trinajstić information content (AvgIpc) is 1.87. The maximum absolute atomic E-state index is 10.1. The molecule has 0 radical (unpaired) electrons. The van der Waals surface area contributed by atoms with Gasteiger partial charge < -0.3 is 10.8 Å². The van der Waals surface area contributed by atoms with Crippen LogP contribution >= 0.6 is 23.2 Å². The summed E-state index contributed by atoms with van der Waals surface area (Å²) in [5.41, 5.74) is 5.10. The molecule has 0 aromatic carbocycles. The van der Waals surface area contributed by atoms with Crippen LogP contribution < -0.4 is 5.73 Å². The molecule has 3 N–H and O–H groups in total. The maximum atomic E-state index is 10.1. The Labute approximate surface area is 68.4 Å². The lowest BCUT2D eigenvalue weighted by atomic mass is 10.4. The summed E-state index contributed by atoms with van der Waals surface area (Å²) in [5.74, 6) is -1.22. The molecule has 0 aliphatic heterocycles. The number of aliphatic carboxylic acids is 1. The molecule has 5 heteroatoms. The number of carboxylic acid groups (broad SMARTS) is 1. The Morgan fingerprint density at radius 1 is 1.50 bits per heavy atom. The molecule has 0 aromatic heterocycles. The van der Waals surface area contributed by atoms with Gasteiger partial charge in [0, 0.05) is 5.03 Å². The lowest BCUT2D eigenvalue weighted by Crippen LogP contribution is -2.02. The van der Waals surface area contributed by atoms with E-state index in [4.69, 9.17) is 34.0 Å². The van der Waals surface area contributed by atoms with Gasteiger partial charge in [0.1, 0.15) is 5.03 Å². The Morgan fingerprint density at radius 3 is 2.30 bits per heavy atom. The molecular formula is C5H7Cl2NO2. The molecule has 3 nitrogen and oxygen atoms in total. The first-order chi connectivity index (χ1) is 4.59. The number of nitrogens with two attached hydrogens (primary N) is 1. The zero-order valence-electron chi connectivity index (χ0n) is 5.10. The monoisotopic (exact) mass is 183 g/mol. The summed E-state index contributed by atoms with van der Waals surface area (Å²) in [6.45, 7) is 0.294. The summed E-state index contributed by atoms with van der Waals surface area (Å²) in [6, 6.07) is 0. The average molecular weight is 184 g/mol. The quantitative estimate of drug-likeness (QED) is 0.645. The van der Waals surface area contributed by atoms with Gasteiger partial charge in [0.2, 0.25) is 0 Å². The molecule has 10 heavy (non-hydrogen) atoms. The van der Waals surface area contributed by atoms with Crippen LogP contribution in [0.15, 0.2) is 10.1 Å². The maximum Gasteiger partial charge on any atom is 0.348 e. The van der Waals surface area contributed by atoms with Gasteiger partial charge in [-0.15, -0.1) is 0 Å². The molecule has 0 rings (SSSR count). The number of hydrogen-bond acceptors (Lipinski definition) is 2. The van der Waals surface area contributed by atoms with E-state index < -0.39 is 5.97 Å². The largest absolute Gasteiger partial charge is 0.477 e. The van der Waals surface area contributed by atoms with Crippen molar-refractivity contribution in [2.45, 2.75) is 6.42 Å². The molecule has 0 aliphatic carbocycles. The third-order valence-corrected chi connectivity index (χ3v) is 1.65. The standard InChI is InChI=1S/C5H7Cl2NO2/c6-3(1-2-8)4(7)5(9)10/h1-2,8H2,(H,9,10)/b4-3+. The summed E-state index contributed by atoms with van der Waals surface area (Å²) >= 11 is 10.7. The van der Waals surface area contributed by atoms with E-state index in [-0.39, 0.29) is 10.1 Å². The fourth-order valence-corrected chi connectivity index (χ4v) is 0.637. The van der Waals surface area contributed by atoms with Crippen molar-refractivity contribution in [2.24, 2.45) is 5.73 Å². The minimum atomic E-state index is -1.22. The van der Waals surface area contributed by atoms with Gasteiger partial charge in [-0.25, -0.2) is 4.79 Å². The molecule has 0 aromatic rings. The first kappa shape index (κ1) is 9.75. The van der Waals surface area contributed by atoms with Crippen LogP contribution in [-0.4, -0.2) is 17.6 Å². The zero-order valence-corrected chi connectivity index (χ0v) is 6.61. The predicted octanol–water partition coefficient (Wildman–Crippen LogP) is 1.11. The summed E-state index contributed by atoms with van der Waals surface area (Å²) < 4.78 is 0. The summed E-state index contributed by atoms with van der Waals surface area (Å²) in [5, 5.41) is 8.00. The first-order valence-electron chi connectivity index (χ1n) is 2.57. The predicted molar refractivity (Wildman–Crippen MR) is 40.0 cm³/mol. The molecule has 0 atom stereocenters. The highest BCUT2D eigenvalue weighted by molar-refractivity contribution is 6.47. The Kier molecular flexibility index (Phi) is 4.43. The SMILES string of the molecule is NCC/C(Cl)=C(\Cl)C(=O)O. The Balaban J connectivity index is 4.19. The van der Waals surface area contributed by atoms with Gasteiger partial charge in [-0.3, -0.25) is 0 Å². The van der Waals surface area contributed by atoms with Gasteiger partial charge in [0.15, 0.2) is 0 Å². The van der Waals surface area contributed by atoms with Crippen LogP contribution in [0.2, 0.25) is 0 Å². The summed E-state index contributed by atoms with van der Waals surface area (Å²) in [4.78, 5) is 10.1. The van der Waals surface area contributed by atoms with Gasteiger partial charge in [0.25, 0.3) is 0 Å². The number of rotatable bonds is 3. The van der Waals surface area contributed by atoms with Crippen LogP contribution in [0, 0.1) is 0 Å². The van der Waals surface area contributed by atoms with E-state index in [1.165, 1.54) is 0 Å². The molecule has 0 saturated heterocycles. The van der Waals surface area contributed by atoms with E-state index >= 15 is 0 Å². The molecule has 0 bridgehead atoms. The van der Waals surface area contributed by atoms with Crippen LogP contribution in [-0.2, 0) is 4.79 Å². The molecular weight excluding hydrogens is 177 g/mol. The van der Waals surface area contributed by atoms with Gasteiger partial charge >= 0.3 is 5.97 Å². The Bertz CT molecular complexity index is 167. The van der Waals surface area contributed by atoms with Crippen molar-refractivity contribution in [3.05, 3.63) is 10.1 Å². The fraction of sp³-hybridized carbons (Fsp3) is 0.400. The highest BCUT2D eigenvalue weighted by Gasteiger charge is 2.08. The van der Waals surface area contributed by atoms with Crippen molar-refractivity contribution in [1.29, 1.82) is 0 Å². The van der Waals surface area contributed by atoms with E-state index in [1.54, 1.807) is 0 Å². The third-order valence-electron chi connectivity index (χ3n) is 0.790. The van der Waals surface area contributed by atoms with Crippen LogP contribution in [0.4, 0.5) is 0 Å². The molecule has 0 spiro atoms. The normalized spacial score (nSPS) is 12.7. The lowest BCUT2D eigenvalue weighted by molar-refractivity contribution is -0.131. The lowest BCUT2D eigenvalue weighted by Gasteiger charge is -1.95. The molecule has 0 amide bonds. The molecule has 0 fully saturated rings.